The van der Waals surface area contributed by atoms with E-state index in [9.17, 15) is 0 Å². The van der Waals surface area contributed by atoms with Crippen LogP contribution < -0.4 is 10.2 Å². The molecule has 2 aromatic carbocycles. The van der Waals surface area contributed by atoms with Crippen molar-refractivity contribution in [1.82, 2.24) is 10.5 Å². The van der Waals surface area contributed by atoms with E-state index < -0.39 is 0 Å². The SMILES string of the molecule is Clc1ccccc1C1=C[C@H](COc2ccc(Cl)c3cccnc23)ON1. The number of fused-ring (bicyclic) bond motifs is 1. The summed E-state index contributed by atoms with van der Waals surface area (Å²) in [4.78, 5) is 9.92. The van der Waals surface area contributed by atoms with E-state index in [0.29, 0.717) is 22.4 Å². The summed E-state index contributed by atoms with van der Waals surface area (Å²) in [6.07, 6.45) is 3.43. The van der Waals surface area contributed by atoms with Crippen LogP contribution in [0.2, 0.25) is 10.0 Å². The Bertz CT molecular complexity index is 959. The fourth-order valence-electron chi connectivity index (χ4n) is 2.70. The minimum atomic E-state index is -0.235. The van der Waals surface area contributed by atoms with Gasteiger partial charge in [-0.3, -0.25) is 15.3 Å². The molecule has 0 spiro atoms. The molecule has 2 heterocycles. The number of halogens is 2. The molecular weight excluding hydrogens is 359 g/mol. The summed E-state index contributed by atoms with van der Waals surface area (Å²) >= 11 is 12.4. The van der Waals surface area contributed by atoms with E-state index in [4.69, 9.17) is 32.8 Å². The maximum Gasteiger partial charge on any atom is 0.145 e. The zero-order chi connectivity index (χ0) is 17.2. The smallest absolute Gasteiger partial charge is 0.145 e. The molecule has 25 heavy (non-hydrogen) atoms. The molecule has 0 amide bonds. The van der Waals surface area contributed by atoms with E-state index in [0.717, 1.165) is 22.2 Å². The van der Waals surface area contributed by atoms with E-state index >= 15 is 0 Å². The molecule has 126 valence electrons. The van der Waals surface area contributed by atoms with Crippen molar-refractivity contribution in [2.45, 2.75) is 6.10 Å². The second-order valence-corrected chi connectivity index (χ2v) is 6.39. The van der Waals surface area contributed by atoms with E-state index in [1.165, 1.54) is 0 Å². The molecule has 4 nitrogen and oxygen atoms in total. The predicted octanol–water partition coefficient (Wildman–Crippen LogP) is 4.86. The molecular formula is C19H14Cl2N2O2. The standard InChI is InChI=1S/C19H14Cl2N2O2/c20-15-6-2-1-4-13(15)17-10-12(25-23-17)11-24-18-8-7-16(21)14-5-3-9-22-19(14)18/h1-10,12,23H,11H2/t12-/m1/s1. The summed E-state index contributed by atoms with van der Waals surface area (Å²) in [5, 5.41) is 2.17. The molecule has 1 aliphatic heterocycles. The number of nitrogens with zero attached hydrogens (tertiary/aromatic N) is 1. The van der Waals surface area contributed by atoms with Crippen molar-refractivity contribution in [2.24, 2.45) is 0 Å². The molecule has 4 rings (SSSR count). The summed E-state index contributed by atoms with van der Waals surface area (Å²) < 4.78 is 5.91. The van der Waals surface area contributed by atoms with Crippen molar-refractivity contribution < 1.29 is 9.57 Å². The molecule has 0 unspecified atom stereocenters. The highest BCUT2D eigenvalue weighted by Gasteiger charge is 2.20. The minimum absolute atomic E-state index is 0.235. The molecule has 1 aromatic heterocycles. The van der Waals surface area contributed by atoms with Gasteiger partial charge in [0.1, 0.15) is 24.0 Å². The minimum Gasteiger partial charge on any atom is -0.488 e. The topological polar surface area (TPSA) is 43.4 Å². The van der Waals surface area contributed by atoms with Crippen LogP contribution in [0.5, 0.6) is 5.75 Å². The zero-order valence-corrected chi connectivity index (χ0v) is 14.6. The average molecular weight is 373 g/mol. The average Bonchev–Trinajstić information content (AvgIpc) is 3.11. The van der Waals surface area contributed by atoms with Crippen LogP contribution in [0.3, 0.4) is 0 Å². The molecule has 3 aromatic rings. The second kappa shape index (κ2) is 6.92. The highest BCUT2D eigenvalue weighted by Crippen LogP contribution is 2.30. The third-order valence-electron chi connectivity index (χ3n) is 3.92. The summed E-state index contributed by atoms with van der Waals surface area (Å²) in [5.74, 6) is 0.670. The Balaban J connectivity index is 1.52. The van der Waals surface area contributed by atoms with Crippen LogP contribution in [0.15, 0.2) is 60.8 Å². The van der Waals surface area contributed by atoms with Crippen LogP contribution in [-0.2, 0) is 4.84 Å². The molecule has 1 N–H and O–H groups in total. The van der Waals surface area contributed by atoms with Crippen molar-refractivity contribution in [1.29, 1.82) is 0 Å². The largest absolute Gasteiger partial charge is 0.488 e. The Morgan fingerprint density at radius 1 is 1.04 bits per heavy atom. The van der Waals surface area contributed by atoms with E-state index in [1.807, 2.05) is 48.5 Å². The Morgan fingerprint density at radius 2 is 1.92 bits per heavy atom. The number of hydrogen-bond donors (Lipinski definition) is 1. The lowest BCUT2D eigenvalue weighted by molar-refractivity contribution is 0.0238. The molecule has 0 radical (unpaired) electrons. The van der Waals surface area contributed by atoms with Gasteiger partial charge in [-0.05, 0) is 36.4 Å². The maximum absolute atomic E-state index is 6.22. The van der Waals surface area contributed by atoms with Gasteiger partial charge >= 0.3 is 0 Å². The Kier molecular flexibility index (Phi) is 4.49. The molecule has 6 heteroatoms. The van der Waals surface area contributed by atoms with E-state index in [-0.39, 0.29) is 6.10 Å². The fraction of sp³-hybridized carbons (Fsp3) is 0.105. The van der Waals surface area contributed by atoms with Gasteiger partial charge in [0.25, 0.3) is 0 Å². The number of benzene rings is 2. The van der Waals surface area contributed by atoms with E-state index in [1.54, 1.807) is 12.3 Å². The van der Waals surface area contributed by atoms with Gasteiger partial charge in [0, 0.05) is 22.2 Å². The van der Waals surface area contributed by atoms with Crippen LogP contribution in [0, 0.1) is 0 Å². The third kappa shape index (κ3) is 3.29. The summed E-state index contributed by atoms with van der Waals surface area (Å²) in [5.41, 5.74) is 5.36. The van der Waals surface area contributed by atoms with Gasteiger partial charge in [0.15, 0.2) is 0 Å². The maximum atomic E-state index is 6.22. The first-order chi connectivity index (χ1) is 12.2. The lowest BCUT2D eigenvalue weighted by atomic mass is 10.1. The lowest BCUT2D eigenvalue weighted by Gasteiger charge is -2.12. The zero-order valence-electron chi connectivity index (χ0n) is 13.1. The number of ether oxygens (including phenoxy) is 1. The van der Waals surface area contributed by atoms with Gasteiger partial charge in [0.2, 0.25) is 0 Å². The molecule has 0 saturated carbocycles. The number of aromatic nitrogens is 1. The summed E-state index contributed by atoms with van der Waals surface area (Å²) in [6.45, 7) is 0.342. The first kappa shape index (κ1) is 16.2. The fourth-order valence-corrected chi connectivity index (χ4v) is 3.15. The summed E-state index contributed by atoms with van der Waals surface area (Å²) in [6, 6.07) is 15.0. The van der Waals surface area contributed by atoms with Gasteiger partial charge in [-0.15, -0.1) is 0 Å². The Labute approximate surface area is 154 Å². The number of pyridine rings is 1. The van der Waals surface area contributed by atoms with Crippen molar-refractivity contribution in [2.75, 3.05) is 6.61 Å². The first-order valence-electron chi connectivity index (χ1n) is 7.77. The molecule has 0 bridgehead atoms. The van der Waals surface area contributed by atoms with Gasteiger partial charge < -0.3 is 4.74 Å². The number of nitrogens with one attached hydrogen (secondary N) is 1. The van der Waals surface area contributed by atoms with Gasteiger partial charge in [0.05, 0.1) is 10.7 Å². The predicted molar refractivity (Wildman–Crippen MR) is 99.7 cm³/mol. The molecule has 0 fully saturated rings. The van der Waals surface area contributed by atoms with Crippen LogP contribution >= 0.6 is 23.2 Å². The number of hydrogen-bond acceptors (Lipinski definition) is 4. The lowest BCUT2D eigenvalue weighted by Crippen LogP contribution is -2.19. The van der Waals surface area contributed by atoms with Crippen molar-refractivity contribution in [3.63, 3.8) is 0 Å². The highest BCUT2D eigenvalue weighted by molar-refractivity contribution is 6.35. The van der Waals surface area contributed by atoms with Crippen molar-refractivity contribution >= 4 is 39.8 Å². The highest BCUT2D eigenvalue weighted by atomic mass is 35.5. The first-order valence-corrected chi connectivity index (χ1v) is 8.52. The number of hydroxylamine groups is 1. The molecule has 0 aliphatic carbocycles. The molecule has 1 aliphatic rings. The quantitative estimate of drug-likeness (QED) is 0.709. The normalized spacial score (nSPS) is 16.6. The third-order valence-corrected chi connectivity index (χ3v) is 4.58. The van der Waals surface area contributed by atoms with Gasteiger partial charge in [-0.1, -0.05) is 41.4 Å². The number of rotatable bonds is 4. The van der Waals surface area contributed by atoms with Crippen LogP contribution in [0.25, 0.3) is 16.6 Å². The Hall–Kier alpha value is -2.27. The van der Waals surface area contributed by atoms with Crippen molar-refractivity contribution in [3.05, 3.63) is 76.4 Å². The molecule has 0 saturated heterocycles. The monoisotopic (exact) mass is 372 g/mol. The summed E-state index contributed by atoms with van der Waals surface area (Å²) in [7, 11) is 0. The second-order valence-electron chi connectivity index (χ2n) is 5.57. The van der Waals surface area contributed by atoms with Crippen molar-refractivity contribution in [3.8, 4) is 5.75 Å². The van der Waals surface area contributed by atoms with Crippen LogP contribution in [0.4, 0.5) is 0 Å². The van der Waals surface area contributed by atoms with Gasteiger partial charge in [-0.25, -0.2) is 0 Å². The van der Waals surface area contributed by atoms with Crippen LogP contribution in [-0.4, -0.2) is 17.7 Å². The van der Waals surface area contributed by atoms with E-state index in [2.05, 4.69) is 10.5 Å². The van der Waals surface area contributed by atoms with Gasteiger partial charge in [-0.2, -0.15) is 0 Å². The Morgan fingerprint density at radius 3 is 2.80 bits per heavy atom. The van der Waals surface area contributed by atoms with Crippen LogP contribution in [0.1, 0.15) is 5.56 Å². The molecule has 1 atom stereocenters.